The number of rotatable bonds is 5. The Kier molecular flexibility index (Phi) is 5.13. The van der Waals surface area contributed by atoms with E-state index in [1.165, 1.54) is 17.3 Å². The van der Waals surface area contributed by atoms with Gasteiger partial charge < -0.3 is 5.32 Å². The van der Waals surface area contributed by atoms with Gasteiger partial charge in [0.15, 0.2) is 0 Å². The van der Waals surface area contributed by atoms with Crippen LogP contribution in [0.1, 0.15) is 35.5 Å². The first kappa shape index (κ1) is 18.2. The van der Waals surface area contributed by atoms with Crippen LogP contribution in [0.25, 0.3) is 0 Å². The molecule has 7 heteroatoms. The predicted octanol–water partition coefficient (Wildman–Crippen LogP) is 3.91. The molecular weight excluding hydrogens is 350 g/mol. The van der Waals surface area contributed by atoms with E-state index in [2.05, 4.69) is 34.6 Å². The second-order valence-corrected chi connectivity index (χ2v) is 6.87. The minimum Gasteiger partial charge on any atom is -0.321 e. The highest BCUT2D eigenvalue weighted by Gasteiger charge is 2.20. The summed E-state index contributed by atoms with van der Waals surface area (Å²) in [6.07, 6.45) is 3.15. The van der Waals surface area contributed by atoms with Crippen molar-refractivity contribution in [2.24, 2.45) is 0 Å². The van der Waals surface area contributed by atoms with Crippen LogP contribution in [0.2, 0.25) is 5.02 Å². The largest absolute Gasteiger partial charge is 0.321 e. The van der Waals surface area contributed by atoms with Crippen LogP contribution < -0.4 is 5.32 Å². The molecule has 0 radical (unpaired) electrons. The van der Waals surface area contributed by atoms with E-state index in [0.29, 0.717) is 11.6 Å². The Labute approximate surface area is 157 Å². The fourth-order valence-electron chi connectivity index (χ4n) is 2.86. The molecule has 0 aliphatic rings. The van der Waals surface area contributed by atoms with Gasteiger partial charge in [-0.05, 0) is 38.8 Å². The van der Waals surface area contributed by atoms with E-state index in [9.17, 15) is 4.79 Å². The van der Waals surface area contributed by atoms with Crippen LogP contribution in [0.5, 0.6) is 0 Å². The zero-order valence-electron chi connectivity index (χ0n) is 15.3. The van der Waals surface area contributed by atoms with Crippen LogP contribution in [0.15, 0.2) is 36.7 Å². The topological polar surface area (TPSA) is 64.7 Å². The van der Waals surface area contributed by atoms with Gasteiger partial charge in [0.05, 0.1) is 34.8 Å². The van der Waals surface area contributed by atoms with Crippen LogP contribution >= 0.6 is 11.6 Å². The normalized spacial score (nSPS) is 12.2. The van der Waals surface area contributed by atoms with E-state index in [4.69, 9.17) is 11.6 Å². The van der Waals surface area contributed by atoms with Crippen molar-refractivity contribution in [3.05, 3.63) is 64.2 Å². The first-order valence-electron chi connectivity index (χ1n) is 8.46. The standard InChI is InChI=1S/C19H22ClN5O/c1-12-7-5-6-8-16(12)10-25-14(3)18(13(2)23-25)22-19(26)15(4)24-11-17(20)9-21-24/h5-9,11,15H,10H2,1-4H3,(H,22,26). The number of hydrogen-bond acceptors (Lipinski definition) is 3. The molecule has 1 aromatic carbocycles. The molecular formula is C19H22ClN5O. The van der Waals surface area contributed by atoms with Gasteiger partial charge >= 0.3 is 0 Å². The Bertz CT molecular complexity index is 943. The molecule has 0 bridgehead atoms. The number of aryl methyl sites for hydroxylation is 2. The van der Waals surface area contributed by atoms with Crippen molar-refractivity contribution < 1.29 is 4.79 Å². The monoisotopic (exact) mass is 371 g/mol. The maximum atomic E-state index is 12.6. The molecule has 0 spiro atoms. The van der Waals surface area contributed by atoms with E-state index >= 15 is 0 Å². The Hall–Kier alpha value is -2.60. The first-order chi connectivity index (χ1) is 12.4. The molecule has 0 aliphatic heterocycles. The van der Waals surface area contributed by atoms with Gasteiger partial charge in [0, 0.05) is 6.20 Å². The van der Waals surface area contributed by atoms with Crippen molar-refractivity contribution in [1.82, 2.24) is 19.6 Å². The lowest BCUT2D eigenvalue weighted by molar-refractivity contribution is -0.119. The highest BCUT2D eigenvalue weighted by molar-refractivity contribution is 6.30. The Morgan fingerprint density at radius 2 is 2.00 bits per heavy atom. The third-order valence-electron chi connectivity index (χ3n) is 4.56. The fraction of sp³-hybridized carbons (Fsp3) is 0.316. The van der Waals surface area contributed by atoms with Crippen molar-refractivity contribution >= 4 is 23.2 Å². The molecule has 3 aromatic rings. The number of benzene rings is 1. The summed E-state index contributed by atoms with van der Waals surface area (Å²) in [7, 11) is 0. The van der Waals surface area contributed by atoms with Crippen LogP contribution in [-0.2, 0) is 11.3 Å². The van der Waals surface area contributed by atoms with E-state index in [0.717, 1.165) is 17.1 Å². The number of nitrogens with zero attached hydrogens (tertiary/aromatic N) is 4. The summed E-state index contributed by atoms with van der Waals surface area (Å²) in [4.78, 5) is 12.6. The predicted molar refractivity (Wildman–Crippen MR) is 103 cm³/mol. The molecule has 136 valence electrons. The lowest BCUT2D eigenvalue weighted by Crippen LogP contribution is -2.24. The fourth-order valence-corrected chi connectivity index (χ4v) is 3.00. The molecule has 0 aliphatic carbocycles. The molecule has 0 fully saturated rings. The summed E-state index contributed by atoms with van der Waals surface area (Å²) in [6.45, 7) is 8.39. The summed E-state index contributed by atoms with van der Waals surface area (Å²) in [6, 6.07) is 7.75. The maximum Gasteiger partial charge on any atom is 0.249 e. The van der Waals surface area contributed by atoms with Crippen LogP contribution in [-0.4, -0.2) is 25.5 Å². The van der Waals surface area contributed by atoms with Crippen molar-refractivity contribution in [2.75, 3.05) is 5.32 Å². The second kappa shape index (κ2) is 7.33. The number of hydrogen-bond donors (Lipinski definition) is 1. The third kappa shape index (κ3) is 3.65. The van der Waals surface area contributed by atoms with Crippen molar-refractivity contribution in [3.8, 4) is 0 Å². The molecule has 6 nitrogen and oxygen atoms in total. The lowest BCUT2D eigenvalue weighted by Gasteiger charge is -2.13. The van der Waals surface area contributed by atoms with Gasteiger partial charge in [0.2, 0.25) is 5.91 Å². The molecule has 1 amide bonds. The van der Waals surface area contributed by atoms with Gasteiger partial charge in [-0.25, -0.2) is 0 Å². The van der Waals surface area contributed by atoms with E-state index in [1.807, 2.05) is 30.7 Å². The molecule has 1 unspecified atom stereocenters. The average Bonchev–Trinajstić information content (AvgIpc) is 3.15. The van der Waals surface area contributed by atoms with E-state index < -0.39 is 6.04 Å². The number of halogens is 1. The van der Waals surface area contributed by atoms with Crippen molar-refractivity contribution in [2.45, 2.75) is 40.3 Å². The van der Waals surface area contributed by atoms with E-state index in [1.54, 1.807) is 17.8 Å². The minimum atomic E-state index is -0.471. The van der Waals surface area contributed by atoms with Crippen molar-refractivity contribution in [3.63, 3.8) is 0 Å². The van der Waals surface area contributed by atoms with Gasteiger partial charge in [-0.1, -0.05) is 35.9 Å². The molecule has 1 N–H and O–H groups in total. The summed E-state index contributed by atoms with van der Waals surface area (Å²) < 4.78 is 3.46. The van der Waals surface area contributed by atoms with Gasteiger partial charge in [-0.15, -0.1) is 0 Å². The van der Waals surface area contributed by atoms with Gasteiger partial charge in [-0.2, -0.15) is 10.2 Å². The summed E-state index contributed by atoms with van der Waals surface area (Å²) in [5.41, 5.74) is 4.87. The second-order valence-electron chi connectivity index (χ2n) is 6.43. The summed E-state index contributed by atoms with van der Waals surface area (Å²) >= 11 is 5.88. The number of carbonyl (C=O) groups excluding carboxylic acids is 1. The van der Waals surface area contributed by atoms with Gasteiger partial charge in [-0.3, -0.25) is 14.2 Å². The Morgan fingerprint density at radius 1 is 1.27 bits per heavy atom. The third-order valence-corrected chi connectivity index (χ3v) is 4.75. The van der Waals surface area contributed by atoms with Gasteiger partial charge in [0.1, 0.15) is 6.04 Å². The van der Waals surface area contributed by atoms with E-state index in [-0.39, 0.29) is 5.91 Å². The van der Waals surface area contributed by atoms with Gasteiger partial charge in [0.25, 0.3) is 0 Å². The SMILES string of the molecule is Cc1ccccc1Cn1nc(C)c(NC(=O)C(C)n2cc(Cl)cn2)c1C. The van der Waals surface area contributed by atoms with Crippen LogP contribution in [0, 0.1) is 20.8 Å². The molecule has 1 atom stereocenters. The molecule has 2 aromatic heterocycles. The quantitative estimate of drug-likeness (QED) is 0.739. The molecule has 0 saturated heterocycles. The van der Waals surface area contributed by atoms with Crippen molar-refractivity contribution in [1.29, 1.82) is 0 Å². The number of amides is 1. The molecule has 0 saturated carbocycles. The summed E-state index contributed by atoms with van der Waals surface area (Å²) in [5.74, 6) is -0.161. The number of nitrogens with one attached hydrogen (secondary N) is 1. The zero-order chi connectivity index (χ0) is 18.8. The number of aromatic nitrogens is 4. The van der Waals surface area contributed by atoms with Crippen LogP contribution in [0.4, 0.5) is 5.69 Å². The molecule has 26 heavy (non-hydrogen) atoms. The highest BCUT2D eigenvalue weighted by Crippen LogP contribution is 2.23. The zero-order valence-corrected chi connectivity index (χ0v) is 16.1. The smallest absolute Gasteiger partial charge is 0.249 e. The lowest BCUT2D eigenvalue weighted by atomic mass is 10.1. The molecule has 3 rings (SSSR count). The number of anilines is 1. The Morgan fingerprint density at radius 3 is 2.65 bits per heavy atom. The maximum absolute atomic E-state index is 12.6. The van der Waals surface area contributed by atoms with Crippen LogP contribution in [0.3, 0.4) is 0 Å². The minimum absolute atomic E-state index is 0.161. The highest BCUT2D eigenvalue weighted by atomic mass is 35.5. The molecule has 2 heterocycles. The first-order valence-corrected chi connectivity index (χ1v) is 8.83. The Balaban J connectivity index is 1.79. The summed E-state index contributed by atoms with van der Waals surface area (Å²) in [5, 5.41) is 12.2. The average molecular weight is 372 g/mol. The number of carbonyl (C=O) groups is 1.